The summed E-state index contributed by atoms with van der Waals surface area (Å²) in [4.78, 5) is 12.1. The molecule has 4 heteroatoms. The van der Waals surface area contributed by atoms with Crippen LogP contribution in [-0.4, -0.2) is 47.4 Å². The van der Waals surface area contributed by atoms with Gasteiger partial charge in [-0.25, -0.2) is 0 Å². The number of likely N-dealkylation sites (N-methyl/N-ethyl adjacent to an activating group) is 1. The molecular weight excluding hydrogens is 252 g/mol. The van der Waals surface area contributed by atoms with Crippen molar-refractivity contribution in [2.45, 2.75) is 24.9 Å². The Bertz CT molecular complexity index is 607. The number of nitrogens with zero attached hydrogens (tertiary/aromatic N) is 2. The van der Waals surface area contributed by atoms with E-state index in [9.17, 15) is 9.90 Å². The summed E-state index contributed by atoms with van der Waals surface area (Å²) in [5.74, 6) is 1.96. The second-order valence-electron chi connectivity index (χ2n) is 7.45. The highest BCUT2D eigenvalue weighted by Crippen LogP contribution is 2.55. The van der Waals surface area contributed by atoms with Crippen molar-refractivity contribution in [1.82, 2.24) is 4.57 Å². The molecule has 3 aliphatic rings. The molecule has 2 fully saturated rings. The van der Waals surface area contributed by atoms with Crippen molar-refractivity contribution in [2.24, 2.45) is 17.8 Å². The highest BCUT2D eigenvalue weighted by molar-refractivity contribution is 5.21. The third-order valence-corrected chi connectivity index (χ3v) is 6.20. The highest BCUT2D eigenvalue weighted by Gasteiger charge is 2.60. The number of fused-ring (bicyclic) bond motifs is 2. The topological polar surface area (TPSA) is 42.2 Å². The van der Waals surface area contributed by atoms with Crippen molar-refractivity contribution in [1.29, 1.82) is 0 Å². The van der Waals surface area contributed by atoms with E-state index in [1.165, 1.54) is 5.69 Å². The first kappa shape index (κ1) is 12.6. The van der Waals surface area contributed by atoms with E-state index in [1.54, 1.807) is 6.07 Å². The Kier molecular flexibility index (Phi) is 2.49. The average Bonchev–Trinajstić information content (AvgIpc) is 2.72. The van der Waals surface area contributed by atoms with E-state index in [-0.39, 0.29) is 5.56 Å². The molecular formula is C16H23N2O2+. The third-order valence-electron chi connectivity index (χ3n) is 6.20. The van der Waals surface area contributed by atoms with Crippen LogP contribution in [0.1, 0.15) is 18.0 Å². The van der Waals surface area contributed by atoms with Gasteiger partial charge in [0.05, 0.1) is 32.6 Å². The lowest BCUT2D eigenvalue weighted by molar-refractivity contribution is -0.924. The van der Waals surface area contributed by atoms with Crippen LogP contribution in [0.2, 0.25) is 0 Å². The molecule has 0 aromatic carbocycles. The highest BCUT2D eigenvalue weighted by atomic mass is 16.3. The molecule has 1 aliphatic carbocycles. The second kappa shape index (κ2) is 3.95. The minimum atomic E-state index is 0.143. The Balaban J connectivity index is 1.90. The molecule has 1 saturated heterocycles. The third kappa shape index (κ3) is 1.46. The lowest BCUT2D eigenvalue weighted by Gasteiger charge is -2.51. The summed E-state index contributed by atoms with van der Waals surface area (Å²) in [5.41, 5.74) is 1.34. The van der Waals surface area contributed by atoms with Crippen LogP contribution < -0.4 is 5.56 Å². The standard InChI is InChI=1S/C16H23N2O2/c1-18(2)8-12-13-4-3-5-15(20)17(13)7-11-14(18)6-10(9-19)16(11)12/h3-5,10-12,14,16,19H,6-9H2,1-2H3/q+1. The molecule has 4 bridgehead atoms. The van der Waals surface area contributed by atoms with E-state index in [0.717, 1.165) is 24.0 Å². The van der Waals surface area contributed by atoms with Crippen LogP contribution >= 0.6 is 0 Å². The maximum atomic E-state index is 12.1. The summed E-state index contributed by atoms with van der Waals surface area (Å²) in [6, 6.07) is 6.28. The first-order chi connectivity index (χ1) is 9.53. The van der Waals surface area contributed by atoms with E-state index >= 15 is 0 Å². The van der Waals surface area contributed by atoms with E-state index in [4.69, 9.17) is 0 Å². The molecule has 3 heterocycles. The molecule has 0 spiro atoms. The monoisotopic (exact) mass is 275 g/mol. The smallest absolute Gasteiger partial charge is 0.250 e. The van der Waals surface area contributed by atoms with Gasteiger partial charge < -0.3 is 14.2 Å². The van der Waals surface area contributed by atoms with Crippen LogP contribution in [0.3, 0.4) is 0 Å². The summed E-state index contributed by atoms with van der Waals surface area (Å²) in [6.45, 7) is 2.23. The van der Waals surface area contributed by atoms with Gasteiger partial charge in [-0.15, -0.1) is 0 Å². The SMILES string of the molecule is C[N+]1(C)CC2c3cccc(=O)n3CC3C2C(CO)CC31. The number of hydrogen-bond donors (Lipinski definition) is 1. The van der Waals surface area contributed by atoms with Gasteiger partial charge in [-0.1, -0.05) is 6.07 Å². The van der Waals surface area contributed by atoms with Gasteiger partial charge in [0.15, 0.2) is 0 Å². The van der Waals surface area contributed by atoms with Gasteiger partial charge in [0.1, 0.15) is 0 Å². The van der Waals surface area contributed by atoms with Crippen molar-refractivity contribution >= 4 is 0 Å². The number of rotatable bonds is 1. The summed E-state index contributed by atoms with van der Waals surface area (Å²) >= 11 is 0. The number of aliphatic hydroxyl groups excluding tert-OH is 1. The largest absolute Gasteiger partial charge is 0.396 e. The Morgan fingerprint density at radius 1 is 1.40 bits per heavy atom. The molecule has 4 nitrogen and oxygen atoms in total. The van der Waals surface area contributed by atoms with Crippen molar-refractivity contribution in [3.05, 3.63) is 34.2 Å². The van der Waals surface area contributed by atoms with Gasteiger partial charge in [-0.3, -0.25) is 4.79 Å². The van der Waals surface area contributed by atoms with Gasteiger partial charge in [0.25, 0.3) is 5.56 Å². The first-order valence-corrected chi connectivity index (χ1v) is 7.66. The maximum Gasteiger partial charge on any atom is 0.250 e. The van der Waals surface area contributed by atoms with Crippen LogP contribution in [0.25, 0.3) is 0 Å². The lowest BCUT2D eigenvalue weighted by Crippen LogP contribution is -2.61. The Hall–Kier alpha value is -1.13. The van der Waals surface area contributed by atoms with Crippen molar-refractivity contribution in [3.8, 4) is 0 Å². The number of pyridine rings is 1. The van der Waals surface area contributed by atoms with Crippen LogP contribution in [0.4, 0.5) is 0 Å². The Labute approximate surface area is 119 Å². The molecule has 1 saturated carbocycles. The van der Waals surface area contributed by atoms with Gasteiger partial charge in [0.2, 0.25) is 0 Å². The van der Waals surface area contributed by atoms with Gasteiger partial charge in [-0.05, 0) is 17.9 Å². The van der Waals surface area contributed by atoms with Crippen molar-refractivity contribution in [3.63, 3.8) is 0 Å². The van der Waals surface area contributed by atoms with Crippen molar-refractivity contribution < 1.29 is 9.59 Å². The Morgan fingerprint density at radius 2 is 2.20 bits per heavy atom. The zero-order valence-corrected chi connectivity index (χ0v) is 12.2. The molecule has 0 amide bonds. The zero-order chi connectivity index (χ0) is 14.1. The maximum absolute atomic E-state index is 12.1. The predicted molar refractivity (Wildman–Crippen MR) is 76.4 cm³/mol. The van der Waals surface area contributed by atoms with E-state index in [0.29, 0.717) is 36.3 Å². The van der Waals surface area contributed by atoms with Crippen LogP contribution in [-0.2, 0) is 6.54 Å². The summed E-state index contributed by atoms with van der Waals surface area (Å²) in [7, 11) is 4.63. The molecule has 0 radical (unpaired) electrons. The number of aliphatic hydroxyl groups is 1. The van der Waals surface area contributed by atoms with Crippen LogP contribution in [0.15, 0.2) is 23.0 Å². The normalized spacial score (nSPS) is 40.5. The first-order valence-electron chi connectivity index (χ1n) is 7.66. The molecule has 20 heavy (non-hydrogen) atoms. The fourth-order valence-corrected chi connectivity index (χ4v) is 5.44. The minimum absolute atomic E-state index is 0.143. The predicted octanol–water partition coefficient (Wildman–Crippen LogP) is 0.649. The molecule has 2 aliphatic heterocycles. The lowest BCUT2D eigenvalue weighted by atomic mass is 9.71. The molecule has 4 rings (SSSR count). The summed E-state index contributed by atoms with van der Waals surface area (Å²) < 4.78 is 3.03. The summed E-state index contributed by atoms with van der Waals surface area (Å²) in [6.07, 6.45) is 1.11. The average molecular weight is 275 g/mol. The fourth-order valence-electron chi connectivity index (χ4n) is 5.44. The number of likely N-dealkylation sites (tertiary alicyclic amines) is 1. The van der Waals surface area contributed by atoms with Crippen LogP contribution in [0.5, 0.6) is 0 Å². The molecule has 5 unspecified atom stereocenters. The van der Waals surface area contributed by atoms with E-state index in [1.807, 2.05) is 10.6 Å². The molecule has 1 aromatic heterocycles. The molecule has 1 aromatic rings. The fraction of sp³-hybridized carbons (Fsp3) is 0.688. The zero-order valence-electron chi connectivity index (χ0n) is 12.2. The molecule has 5 atom stereocenters. The van der Waals surface area contributed by atoms with Gasteiger partial charge >= 0.3 is 0 Å². The Morgan fingerprint density at radius 3 is 2.95 bits per heavy atom. The quantitative estimate of drug-likeness (QED) is 0.765. The van der Waals surface area contributed by atoms with Crippen molar-refractivity contribution in [2.75, 3.05) is 27.2 Å². The minimum Gasteiger partial charge on any atom is -0.396 e. The van der Waals surface area contributed by atoms with Gasteiger partial charge in [-0.2, -0.15) is 0 Å². The number of piperidine rings is 1. The van der Waals surface area contributed by atoms with Crippen LogP contribution in [0, 0.1) is 17.8 Å². The van der Waals surface area contributed by atoms with E-state index in [2.05, 4.69) is 20.2 Å². The number of hydrogen-bond acceptors (Lipinski definition) is 2. The molecule has 1 N–H and O–H groups in total. The van der Waals surface area contributed by atoms with Gasteiger partial charge in [0, 0.05) is 37.3 Å². The van der Waals surface area contributed by atoms with E-state index < -0.39 is 0 Å². The second-order valence-corrected chi connectivity index (χ2v) is 7.45. The number of quaternary nitrogens is 1. The number of aromatic nitrogens is 1. The summed E-state index contributed by atoms with van der Waals surface area (Å²) in [5, 5.41) is 9.77. The molecule has 108 valence electrons.